The maximum Gasteiger partial charge on any atom is 0.500 e. The molecular weight excluding hydrogens is 385 g/mol. The van der Waals surface area contributed by atoms with Crippen molar-refractivity contribution < 1.29 is 13.3 Å². The lowest BCUT2D eigenvalue weighted by molar-refractivity contribution is 0.0712. The lowest BCUT2D eigenvalue weighted by Gasteiger charge is -2.28. The third kappa shape index (κ3) is 9.69. The first-order valence-corrected chi connectivity index (χ1v) is 14.8. The lowest BCUT2D eigenvalue weighted by atomic mass is 10.4. The molecule has 1 aromatic rings. The maximum atomic E-state index is 5.87. The van der Waals surface area contributed by atoms with E-state index in [0.29, 0.717) is 19.8 Å². The first kappa shape index (κ1) is 21.8. The van der Waals surface area contributed by atoms with Crippen LogP contribution in [0.5, 0.6) is 0 Å². The molecule has 132 valence electrons. The van der Waals surface area contributed by atoms with Crippen LogP contribution in [0.1, 0.15) is 27.2 Å². The van der Waals surface area contributed by atoms with E-state index in [1.54, 1.807) is 10.8 Å². The molecular formula is C15H26O3S4Si. The Morgan fingerprint density at radius 3 is 2.04 bits per heavy atom. The van der Waals surface area contributed by atoms with Gasteiger partial charge in [-0.05, 0) is 69.8 Å². The Kier molecular flexibility index (Phi) is 13.2. The topological polar surface area (TPSA) is 27.7 Å². The highest BCUT2D eigenvalue weighted by Crippen LogP contribution is 2.46. The molecule has 0 atom stereocenters. The van der Waals surface area contributed by atoms with Gasteiger partial charge in [-0.1, -0.05) is 29.0 Å². The van der Waals surface area contributed by atoms with Gasteiger partial charge in [0.15, 0.2) is 0 Å². The second kappa shape index (κ2) is 13.9. The third-order valence-electron chi connectivity index (χ3n) is 2.75. The Hall–Kier alpha value is 0.717. The molecule has 0 unspecified atom stereocenters. The smallest absolute Gasteiger partial charge is 0.374 e. The summed E-state index contributed by atoms with van der Waals surface area (Å²) in [6.45, 7) is 7.96. The normalized spacial score (nSPS) is 11.8. The van der Waals surface area contributed by atoms with Gasteiger partial charge >= 0.3 is 8.80 Å². The van der Waals surface area contributed by atoms with Crippen molar-refractivity contribution in [3.05, 3.63) is 30.3 Å². The molecule has 0 saturated heterocycles. The SMILES string of the molecule is CCO[Si](CCCSSSSc1ccccc1)(OCC)OCC. The fourth-order valence-corrected chi connectivity index (χ4v) is 10.6. The minimum absolute atomic E-state index is 0.650. The van der Waals surface area contributed by atoms with E-state index in [0.717, 1.165) is 18.2 Å². The molecule has 1 rings (SSSR count). The first-order chi connectivity index (χ1) is 11.3. The van der Waals surface area contributed by atoms with Gasteiger partial charge in [-0.15, -0.1) is 0 Å². The quantitative estimate of drug-likeness (QED) is 0.206. The van der Waals surface area contributed by atoms with Crippen LogP contribution in [0.3, 0.4) is 0 Å². The number of hydrogen-bond acceptors (Lipinski definition) is 7. The largest absolute Gasteiger partial charge is 0.500 e. The molecule has 0 aliphatic heterocycles. The molecule has 0 amide bonds. The Morgan fingerprint density at radius 2 is 1.48 bits per heavy atom. The predicted octanol–water partition coefficient (Wildman–Crippen LogP) is 6.16. The predicted molar refractivity (Wildman–Crippen MR) is 110 cm³/mol. The van der Waals surface area contributed by atoms with Crippen molar-refractivity contribution in [2.75, 3.05) is 25.6 Å². The van der Waals surface area contributed by atoms with E-state index >= 15 is 0 Å². The second-order valence-electron chi connectivity index (χ2n) is 4.44. The highest BCUT2D eigenvalue weighted by atomic mass is 33.7. The molecule has 23 heavy (non-hydrogen) atoms. The molecule has 0 bridgehead atoms. The van der Waals surface area contributed by atoms with E-state index in [-0.39, 0.29) is 0 Å². The molecule has 0 saturated carbocycles. The van der Waals surface area contributed by atoms with Crippen LogP contribution >= 0.6 is 41.2 Å². The molecule has 1 aromatic carbocycles. The highest BCUT2D eigenvalue weighted by Gasteiger charge is 2.39. The monoisotopic (exact) mass is 410 g/mol. The standard InChI is InChI=1S/C15H26O3S4Si/c1-4-16-23(17-5-2,18-6-3)14-10-13-19-21-22-20-15-11-8-7-9-12-15/h7-9,11-12H,4-6,10,13-14H2,1-3H3. The summed E-state index contributed by atoms with van der Waals surface area (Å²) in [4.78, 5) is 1.29. The molecule has 0 aromatic heterocycles. The van der Waals surface area contributed by atoms with E-state index in [1.165, 1.54) is 4.90 Å². The van der Waals surface area contributed by atoms with Crippen LogP contribution in [-0.4, -0.2) is 34.4 Å². The minimum atomic E-state index is -2.45. The number of rotatable bonds is 14. The summed E-state index contributed by atoms with van der Waals surface area (Å²) in [7, 11) is 4.87. The van der Waals surface area contributed by atoms with E-state index < -0.39 is 8.80 Å². The molecule has 0 N–H and O–H groups in total. The van der Waals surface area contributed by atoms with Gasteiger partial charge in [-0.2, -0.15) is 0 Å². The first-order valence-electron chi connectivity index (χ1n) is 7.86. The molecule has 0 aliphatic carbocycles. The molecule has 0 aliphatic rings. The van der Waals surface area contributed by atoms with Crippen molar-refractivity contribution in [1.82, 2.24) is 0 Å². The fourth-order valence-electron chi connectivity index (χ4n) is 1.93. The lowest BCUT2D eigenvalue weighted by Crippen LogP contribution is -2.46. The average Bonchev–Trinajstić information content (AvgIpc) is 2.56. The van der Waals surface area contributed by atoms with E-state index in [9.17, 15) is 0 Å². The third-order valence-corrected chi connectivity index (χ3v) is 12.3. The summed E-state index contributed by atoms with van der Waals surface area (Å²) in [6, 6.07) is 11.3. The molecule has 0 radical (unpaired) electrons. The van der Waals surface area contributed by atoms with Crippen molar-refractivity contribution in [1.29, 1.82) is 0 Å². The van der Waals surface area contributed by atoms with Crippen molar-refractivity contribution in [3.8, 4) is 0 Å². The summed E-state index contributed by atoms with van der Waals surface area (Å²) in [5.41, 5.74) is 0. The maximum absolute atomic E-state index is 5.87. The second-order valence-corrected chi connectivity index (χ2v) is 13.2. The Bertz CT molecular complexity index is 381. The molecule has 3 nitrogen and oxygen atoms in total. The van der Waals surface area contributed by atoms with Crippen LogP contribution in [0, 0.1) is 0 Å². The summed E-state index contributed by atoms with van der Waals surface area (Å²) >= 11 is 0. The van der Waals surface area contributed by atoms with E-state index in [4.69, 9.17) is 13.3 Å². The number of hydrogen-bond donors (Lipinski definition) is 0. The minimum Gasteiger partial charge on any atom is -0.374 e. The van der Waals surface area contributed by atoms with Crippen LogP contribution in [0.15, 0.2) is 35.2 Å². The van der Waals surface area contributed by atoms with Gasteiger partial charge in [-0.3, -0.25) is 0 Å². The molecule has 8 heteroatoms. The van der Waals surface area contributed by atoms with E-state index in [1.807, 2.05) is 57.3 Å². The molecule has 0 fully saturated rings. The number of benzene rings is 1. The van der Waals surface area contributed by atoms with Gasteiger partial charge in [-0.25, -0.2) is 0 Å². The van der Waals surface area contributed by atoms with Crippen LogP contribution in [0.25, 0.3) is 0 Å². The summed E-state index contributed by atoms with van der Waals surface area (Å²) in [5, 5.41) is 0. The molecule has 0 heterocycles. The van der Waals surface area contributed by atoms with Crippen LogP contribution in [0.4, 0.5) is 0 Å². The summed E-state index contributed by atoms with van der Waals surface area (Å²) in [6.07, 6.45) is 1.06. The zero-order chi connectivity index (χ0) is 16.8. The van der Waals surface area contributed by atoms with Gasteiger partial charge in [0.1, 0.15) is 0 Å². The van der Waals surface area contributed by atoms with Crippen molar-refractivity contribution >= 4 is 50.0 Å². The molecule has 0 spiro atoms. The summed E-state index contributed by atoms with van der Waals surface area (Å²) < 4.78 is 17.6. The summed E-state index contributed by atoms with van der Waals surface area (Å²) in [5.74, 6) is 1.08. The van der Waals surface area contributed by atoms with Crippen LogP contribution in [-0.2, 0) is 13.3 Å². The Labute approximate surface area is 156 Å². The van der Waals surface area contributed by atoms with Crippen LogP contribution in [0.2, 0.25) is 6.04 Å². The van der Waals surface area contributed by atoms with Crippen LogP contribution < -0.4 is 0 Å². The van der Waals surface area contributed by atoms with Gasteiger partial charge in [0.05, 0.1) is 0 Å². The Morgan fingerprint density at radius 1 is 0.870 bits per heavy atom. The van der Waals surface area contributed by atoms with Crippen molar-refractivity contribution in [3.63, 3.8) is 0 Å². The van der Waals surface area contributed by atoms with Crippen molar-refractivity contribution in [2.45, 2.75) is 38.1 Å². The zero-order valence-electron chi connectivity index (χ0n) is 14.0. The van der Waals surface area contributed by atoms with Gasteiger partial charge in [0, 0.05) is 36.5 Å². The highest BCUT2D eigenvalue weighted by molar-refractivity contribution is 9.26. The van der Waals surface area contributed by atoms with Crippen molar-refractivity contribution in [2.24, 2.45) is 0 Å². The van der Waals surface area contributed by atoms with Gasteiger partial charge in [0.25, 0.3) is 0 Å². The zero-order valence-corrected chi connectivity index (χ0v) is 18.3. The van der Waals surface area contributed by atoms with Gasteiger partial charge < -0.3 is 13.3 Å². The van der Waals surface area contributed by atoms with Gasteiger partial charge in [0.2, 0.25) is 0 Å². The Balaban J connectivity index is 2.17. The average molecular weight is 411 g/mol. The van der Waals surface area contributed by atoms with E-state index in [2.05, 4.69) is 24.3 Å². The fraction of sp³-hybridized carbons (Fsp3) is 0.600.